The molecule has 3 N–H and O–H groups in total. The van der Waals surface area contributed by atoms with Gasteiger partial charge in [0.1, 0.15) is 18.0 Å². The van der Waals surface area contributed by atoms with E-state index in [0.29, 0.717) is 24.4 Å². The van der Waals surface area contributed by atoms with E-state index in [-0.39, 0.29) is 25.2 Å². The smallest absolute Gasteiger partial charge is 0.407 e. The van der Waals surface area contributed by atoms with E-state index in [1.807, 2.05) is 67.1 Å². The fourth-order valence-corrected chi connectivity index (χ4v) is 3.64. The van der Waals surface area contributed by atoms with Gasteiger partial charge in [-0.2, -0.15) is 5.10 Å². The molecule has 2 aromatic heterocycles. The molecule has 0 aliphatic rings. The van der Waals surface area contributed by atoms with E-state index in [1.165, 1.54) is 0 Å². The number of nitrogens with one attached hydrogen (secondary N) is 3. The van der Waals surface area contributed by atoms with Crippen LogP contribution in [0.4, 0.5) is 9.59 Å². The molecule has 9 nitrogen and oxygen atoms in total. The second-order valence-corrected chi connectivity index (χ2v) is 7.77. The summed E-state index contributed by atoms with van der Waals surface area (Å²) in [6, 6.07) is 14.8. The molecule has 2 heterocycles. The summed E-state index contributed by atoms with van der Waals surface area (Å²) in [5, 5.41) is 14.7. The second-order valence-electron chi connectivity index (χ2n) is 7.77. The monoisotopic (exact) mass is 449 g/mol. The average molecular weight is 450 g/mol. The number of benzene rings is 2. The fraction of sp³-hybridized carbons (Fsp3) is 0.292. The van der Waals surface area contributed by atoms with E-state index >= 15 is 0 Å². The molecule has 9 heteroatoms. The first kappa shape index (κ1) is 22.2. The second kappa shape index (κ2) is 10.1. The molecule has 0 fully saturated rings. The van der Waals surface area contributed by atoms with Gasteiger partial charge in [-0.3, -0.25) is 4.68 Å². The number of alkyl carbamates (subject to hydrolysis) is 1. The van der Waals surface area contributed by atoms with Crippen molar-refractivity contribution in [2.75, 3.05) is 6.54 Å². The number of carbonyl (C=O) groups is 2. The van der Waals surface area contributed by atoms with Gasteiger partial charge >= 0.3 is 12.1 Å². The summed E-state index contributed by atoms with van der Waals surface area (Å²) in [6.45, 7) is 5.26. The van der Waals surface area contributed by atoms with Crippen LogP contribution in [0.3, 0.4) is 0 Å². The van der Waals surface area contributed by atoms with E-state index < -0.39 is 6.09 Å². The van der Waals surface area contributed by atoms with Crippen molar-refractivity contribution in [1.82, 2.24) is 25.7 Å². The molecule has 0 saturated carbocycles. The maximum Gasteiger partial charge on any atom is 0.407 e. The third-order valence-corrected chi connectivity index (χ3v) is 5.13. The van der Waals surface area contributed by atoms with Gasteiger partial charge in [-0.05, 0) is 37.6 Å². The van der Waals surface area contributed by atoms with E-state index in [0.717, 1.165) is 21.9 Å². The molecule has 3 amide bonds. The van der Waals surface area contributed by atoms with Crippen LogP contribution in [-0.2, 0) is 24.4 Å². The van der Waals surface area contributed by atoms with Crippen LogP contribution in [0, 0.1) is 0 Å². The highest BCUT2D eigenvalue weighted by Crippen LogP contribution is 2.28. The Balaban J connectivity index is 1.43. The minimum absolute atomic E-state index is 0.211. The highest BCUT2D eigenvalue weighted by atomic mass is 16.5. The first-order chi connectivity index (χ1) is 16.0. The number of hydrogen-bond acceptors (Lipinski definition) is 5. The Bertz CT molecular complexity index is 1250. The molecule has 4 aromatic rings. The number of hydrogen-bond donors (Lipinski definition) is 3. The van der Waals surface area contributed by atoms with Crippen LogP contribution >= 0.6 is 0 Å². The fourth-order valence-electron chi connectivity index (χ4n) is 3.64. The van der Waals surface area contributed by atoms with Gasteiger partial charge in [-0.25, -0.2) is 9.59 Å². The summed E-state index contributed by atoms with van der Waals surface area (Å²) in [6.07, 6.45) is 1.31. The van der Waals surface area contributed by atoms with Crippen LogP contribution in [0.25, 0.3) is 21.9 Å². The Kier molecular flexibility index (Phi) is 6.77. The Morgan fingerprint density at radius 1 is 1.15 bits per heavy atom. The Hall–Kier alpha value is -4.01. The van der Waals surface area contributed by atoms with Gasteiger partial charge in [0.15, 0.2) is 0 Å². The summed E-state index contributed by atoms with van der Waals surface area (Å²) in [5.41, 5.74) is 2.55. The zero-order valence-corrected chi connectivity index (χ0v) is 18.6. The van der Waals surface area contributed by atoms with Crippen LogP contribution in [0.15, 0.2) is 59.1 Å². The standard InChI is InChI=1S/C24H27N5O4/c1-3-25-23(30)26-13-19-11-20-21(33-19)10-9-18-12-27-29(22(18)20)14-16(2)28-24(31)32-15-17-7-5-4-6-8-17/h4-12,16H,3,13-15H2,1-2H3,(H,28,31)(H2,25,26,30)/t16-/m0/s1. The molecule has 0 saturated heterocycles. The van der Waals surface area contributed by atoms with Crippen molar-refractivity contribution in [1.29, 1.82) is 0 Å². The van der Waals surface area contributed by atoms with Gasteiger partial charge in [0, 0.05) is 23.4 Å². The lowest BCUT2D eigenvalue weighted by atomic mass is 10.2. The van der Waals surface area contributed by atoms with Crippen molar-refractivity contribution in [3.8, 4) is 0 Å². The molecule has 33 heavy (non-hydrogen) atoms. The summed E-state index contributed by atoms with van der Waals surface area (Å²) in [7, 11) is 0. The predicted octanol–water partition coefficient (Wildman–Crippen LogP) is 3.92. The number of furan rings is 1. The third-order valence-electron chi connectivity index (χ3n) is 5.13. The highest BCUT2D eigenvalue weighted by molar-refractivity contribution is 6.03. The van der Waals surface area contributed by atoms with Crippen molar-refractivity contribution < 1.29 is 18.7 Å². The molecule has 0 bridgehead atoms. The zero-order chi connectivity index (χ0) is 23.2. The SMILES string of the molecule is CCNC(=O)NCc1cc2c(ccc3cnn(C[C@H](C)NC(=O)OCc4ccccc4)c32)o1. The number of aromatic nitrogens is 2. The summed E-state index contributed by atoms with van der Waals surface area (Å²) < 4.78 is 13.1. The lowest BCUT2D eigenvalue weighted by Crippen LogP contribution is -2.36. The van der Waals surface area contributed by atoms with Crippen LogP contribution in [0.2, 0.25) is 0 Å². The van der Waals surface area contributed by atoms with Crippen LogP contribution in [0.5, 0.6) is 0 Å². The first-order valence-electron chi connectivity index (χ1n) is 10.9. The quantitative estimate of drug-likeness (QED) is 0.378. The van der Waals surface area contributed by atoms with E-state index in [1.54, 1.807) is 6.20 Å². The van der Waals surface area contributed by atoms with Crippen LogP contribution < -0.4 is 16.0 Å². The van der Waals surface area contributed by atoms with E-state index in [9.17, 15) is 9.59 Å². The average Bonchev–Trinajstić information content (AvgIpc) is 3.40. The zero-order valence-electron chi connectivity index (χ0n) is 18.6. The van der Waals surface area contributed by atoms with Gasteiger partial charge in [0.05, 0.1) is 24.8 Å². The molecule has 172 valence electrons. The molecule has 0 radical (unpaired) electrons. The number of ether oxygens (including phenoxy) is 1. The normalized spacial score (nSPS) is 11.9. The number of rotatable bonds is 8. The Morgan fingerprint density at radius 3 is 2.76 bits per heavy atom. The summed E-state index contributed by atoms with van der Waals surface area (Å²) >= 11 is 0. The lowest BCUT2D eigenvalue weighted by Gasteiger charge is -2.15. The predicted molar refractivity (Wildman–Crippen MR) is 125 cm³/mol. The van der Waals surface area contributed by atoms with Gasteiger partial charge in [0.2, 0.25) is 0 Å². The minimum atomic E-state index is -0.477. The Morgan fingerprint density at radius 2 is 1.97 bits per heavy atom. The van der Waals surface area contributed by atoms with E-state index in [4.69, 9.17) is 9.15 Å². The maximum absolute atomic E-state index is 12.2. The molecule has 0 spiro atoms. The molecule has 0 aliphatic carbocycles. The number of fused-ring (bicyclic) bond motifs is 3. The number of urea groups is 1. The topological polar surface area (TPSA) is 110 Å². The number of carbonyl (C=O) groups excluding carboxylic acids is 2. The van der Waals surface area contributed by atoms with Crippen LogP contribution in [0.1, 0.15) is 25.2 Å². The molecule has 1 atom stereocenters. The largest absolute Gasteiger partial charge is 0.459 e. The molecule has 2 aromatic carbocycles. The lowest BCUT2D eigenvalue weighted by molar-refractivity contribution is 0.135. The minimum Gasteiger partial charge on any atom is -0.459 e. The molecular weight excluding hydrogens is 422 g/mol. The summed E-state index contributed by atoms with van der Waals surface area (Å²) in [5.74, 6) is 0.646. The Labute approximate surface area is 191 Å². The first-order valence-corrected chi connectivity index (χ1v) is 10.9. The molecule has 0 unspecified atom stereocenters. The van der Waals surface area contributed by atoms with Gasteiger partial charge in [0.25, 0.3) is 0 Å². The van der Waals surface area contributed by atoms with Crippen LogP contribution in [-0.4, -0.2) is 34.5 Å². The number of amides is 3. The van der Waals surface area contributed by atoms with Crippen molar-refractivity contribution in [2.45, 2.75) is 39.6 Å². The molecule has 0 aliphatic heterocycles. The van der Waals surface area contributed by atoms with Gasteiger partial charge in [-0.15, -0.1) is 0 Å². The molecule has 4 rings (SSSR count). The maximum atomic E-state index is 12.2. The van der Waals surface area contributed by atoms with E-state index in [2.05, 4.69) is 21.0 Å². The highest BCUT2D eigenvalue weighted by Gasteiger charge is 2.15. The summed E-state index contributed by atoms with van der Waals surface area (Å²) in [4.78, 5) is 23.9. The van der Waals surface area contributed by atoms with Crippen molar-refractivity contribution >= 4 is 34.0 Å². The molecular formula is C24H27N5O4. The van der Waals surface area contributed by atoms with Crippen molar-refractivity contribution in [3.05, 3.63) is 66.1 Å². The van der Waals surface area contributed by atoms with Gasteiger partial charge < -0.3 is 25.1 Å². The third kappa shape index (κ3) is 5.43. The van der Waals surface area contributed by atoms with Crippen molar-refractivity contribution in [2.24, 2.45) is 0 Å². The van der Waals surface area contributed by atoms with Crippen molar-refractivity contribution in [3.63, 3.8) is 0 Å². The van der Waals surface area contributed by atoms with Gasteiger partial charge in [-0.1, -0.05) is 30.3 Å². The number of nitrogens with zero attached hydrogens (tertiary/aromatic N) is 2.